The maximum absolute atomic E-state index is 11.0. The Kier molecular flexibility index (Phi) is 5.38. The molecule has 0 aromatic heterocycles. The normalized spacial score (nSPS) is 19.1. The number of nitrogens with zero attached hydrogens (tertiary/aromatic N) is 1. The van der Waals surface area contributed by atoms with Gasteiger partial charge < -0.3 is 10.6 Å². The third-order valence-electron chi connectivity index (χ3n) is 3.42. The molecule has 0 radical (unpaired) electrons. The van der Waals surface area contributed by atoms with Crippen molar-refractivity contribution in [3.05, 3.63) is 31.9 Å². The Morgan fingerprint density at radius 3 is 3.05 bits per heavy atom. The van der Waals surface area contributed by atoms with Crippen molar-refractivity contribution in [2.45, 2.75) is 19.3 Å². The predicted molar refractivity (Wildman–Crippen MR) is 84.5 cm³/mol. The van der Waals surface area contributed by atoms with Crippen LogP contribution in [0, 0.1) is 19.6 Å². The van der Waals surface area contributed by atoms with Crippen LogP contribution in [-0.2, 0) is 0 Å². The molecule has 0 bridgehead atoms. The lowest BCUT2D eigenvalue weighted by atomic mass is 9.96. The SMILES string of the molecule is O=[N+]([O-])c1cc(I)ccc1NCCC1CCCNC1. The van der Waals surface area contributed by atoms with Crippen LogP contribution in [0.3, 0.4) is 0 Å². The van der Waals surface area contributed by atoms with Crippen LogP contribution in [0.25, 0.3) is 0 Å². The first kappa shape index (κ1) is 14.5. The van der Waals surface area contributed by atoms with E-state index < -0.39 is 0 Å². The first-order valence-electron chi connectivity index (χ1n) is 6.55. The molecule has 1 aromatic rings. The summed E-state index contributed by atoms with van der Waals surface area (Å²) in [6.07, 6.45) is 3.54. The molecular weight excluding hydrogens is 357 g/mol. The highest BCUT2D eigenvalue weighted by atomic mass is 127. The molecule has 1 saturated heterocycles. The van der Waals surface area contributed by atoms with Gasteiger partial charge in [0.15, 0.2) is 0 Å². The first-order chi connectivity index (χ1) is 9.16. The first-order valence-corrected chi connectivity index (χ1v) is 7.63. The van der Waals surface area contributed by atoms with Crippen LogP contribution in [0.5, 0.6) is 0 Å². The van der Waals surface area contributed by atoms with Crippen molar-refractivity contribution in [2.75, 3.05) is 25.0 Å². The number of benzene rings is 1. The number of rotatable bonds is 5. The summed E-state index contributed by atoms with van der Waals surface area (Å²) in [5.41, 5.74) is 0.780. The van der Waals surface area contributed by atoms with Crippen molar-refractivity contribution >= 4 is 34.0 Å². The van der Waals surface area contributed by atoms with Gasteiger partial charge in [0.25, 0.3) is 5.69 Å². The molecule has 5 nitrogen and oxygen atoms in total. The van der Waals surface area contributed by atoms with E-state index in [2.05, 4.69) is 33.2 Å². The average Bonchev–Trinajstić information content (AvgIpc) is 2.41. The molecule has 1 aliphatic heterocycles. The summed E-state index contributed by atoms with van der Waals surface area (Å²) >= 11 is 2.09. The van der Waals surface area contributed by atoms with Gasteiger partial charge in [-0.05, 0) is 73.0 Å². The van der Waals surface area contributed by atoms with Crippen molar-refractivity contribution in [2.24, 2.45) is 5.92 Å². The second kappa shape index (κ2) is 7.04. The van der Waals surface area contributed by atoms with Crippen LogP contribution in [0.1, 0.15) is 19.3 Å². The zero-order chi connectivity index (χ0) is 13.7. The average molecular weight is 375 g/mol. The number of nitrogens with one attached hydrogen (secondary N) is 2. The van der Waals surface area contributed by atoms with Crippen molar-refractivity contribution in [3.63, 3.8) is 0 Å². The third-order valence-corrected chi connectivity index (χ3v) is 4.09. The topological polar surface area (TPSA) is 67.2 Å². The molecular formula is C13H18IN3O2. The molecule has 1 aromatic carbocycles. The Hall–Kier alpha value is -0.890. The lowest BCUT2D eigenvalue weighted by Crippen LogP contribution is -2.30. The number of halogens is 1. The fraction of sp³-hybridized carbons (Fsp3) is 0.538. The second-order valence-corrected chi connectivity index (χ2v) is 6.09. The van der Waals surface area contributed by atoms with Crippen LogP contribution in [0.4, 0.5) is 11.4 Å². The molecule has 104 valence electrons. The Morgan fingerprint density at radius 1 is 1.53 bits per heavy atom. The van der Waals surface area contributed by atoms with Gasteiger partial charge in [0.05, 0.1) is 4.92 Å². The largest absolute Gasteiger partial charge is 0.379 e. The van der Waals surface area contributed by atoms with Crippen LogP contribution >= 0.6 is 22.6 Å². The number of anilines is 1. The van der Waals surface area contributed by atoms with E-state index >= 15 is 0 Å². The van der Waals surface area contributed by atoms with Gasteiger partial charge in [-0.25, -0.2) is 0 Å². The highest BCUT2D eigenvalue weighted by molar-refractivity contribution is 14.1. The quantitative estimate of drug-likeness (QED) is 0.472. The summed E-state index contributed by atoms with van der Waals surface area (Å²) in [6, 6.07) is 5.28. The molecule has 1 atom stereocenters. The van der Waals surface area contributed by atoms with Crippen molar-refractivity contribution in [3.8, 4) is 0 Å². The van der Waals surface area contributed by atoms with Gasteiger partial charge in [0.2, 0.25) is 0 Å². The number of hydrogen-bond donors (Lipinski definition) is 2. The van der Waals surface area contributed by atoms with Gasteiger partial charge in [0, 0.05) is 16.2 Å². The van der Waals surface area contributed by atoms with Crippen molar-refractivity contribution < 1.29 is 4.92 Å². The van der Waals surface area contributed by atoms with E-state index in [0.717, 1.165) is 29.6 Å². The van der Waals surface area contributed by atoms with E-state index in [-0.39, 0.29) is 10.6 Å². The van der Waals surface area contributed by atoms with Gasteiger partial charge in [-0.1, -0.05) is 0 Å². The van der Waals surface area contributed by atoms with Gasteiger partial charge in [-0.15, -0.1) is 0 Å². The number of nitro groups is 1. The van der Waals surface area contributed by atoms with Gasteiger partial charge in [-0.3, -0.25) is 10.1 Å². The smallest absolute Gasteiger partial charge is 0.293 e. The van der Waals surface area contributed by atoms with Crippen LogP contribution < -0.4 is 10.6 Å². The number of hydrogen-bond acceptors (Lipinski definition) is 4. The standard InChI is InChI=1S/C13H18IN3O2/c14-11-3-4-12(13(8-11)17(18)19)16-7-5-10-2-1-6-15-9-10/h3-4,8,10,15-16H,1-2,5-7,9H2. The molecule has 2 rings (SSSR count). The molecule has 1 heterocycles. The highest BCUT2D eigenvalue weighted by Gasteiger charge is 2.15. The fourth-order valence-corrected chi connectivity index (χ4v) is 2.86. The monoisotopic (exact) mass is 375 g/mol. The minimum absolute atomic E-state index is 0.161. The van der Waals surface area contributed by atoms with E-state index in [0.29, 0.717) is 11.6 Å². The summed E-state index contributed by atoms with van der Waals surface area (Å²) < 4.78 is 0.881. The Balaban J connectivity index is 1.89. The van der Waals surface area contributed by atoms with E-state index in [1.807, 2.05) is 6.07 Å². The fourth-order valence-electron chi connectivity index (χ4n) is 2.39. The van der Waals surface area contributed by atoms with Crippen LogP contribution in [-0.4, -0.2) is 24.6 Å². The van der Waals surface area contributed by atoms with Gasteiger partial charge in [0.1, 0.15) is 5.69 Å². The highest BCUT2D eigenvalue weighted by Crippen LogP contribution is 2.26. The number of piperidine rings is 1. The molecule has 1 unspecified atom stereocenters. The molecule has 0 aliphatic carbocycles. The van der Waals surface area contributed by atoms with E-state index in [1.165, 1.54) is 12.8 Å². The maximum Gasteiger partial charge on any atom is 0.293 e. The Labute approximate surface area is 126 Å². The lowest BCUT2D eigenvalue weighted by molar-refractivity contribution is -0.384. The van der Waals surface area contributed by atoms with E-state index in [9.17, 15) is 10.1 Å². The molecule has 0 spiro atoms. The summed E-state index contributed by atoms with van der Waals surface area (Å²) in [7, 11) is 0. The maximum atomic E-state index is 11.0. The molecule has 1 aliphatic rings. The lowest BCUT2D eigenvalue weighted by Gasteiger charge is -2.22. The van der Waals surface area contributed by atoms with Crippen LogP contribution in [0.15, 0.2) is 18.2 Å². The Bertz CT molecular complexity index is 448. The second-order valence-electron chi connectivity index (χ2n) is 4.85. The van der Waals surface area contributed by atoms with E-state index in [1.54, 1.807) is 12.1 Å². The molecule has 0 saturated carbocycles. The Morgan fingerprint density at radius 2 is 2.37 bits per heavy atom. The van der Waals surface area contributed by atoms with E-state index in [4.69, 9.17) is 0 Å². The predicted octanol–water partition coefficient (Wildman–Crippen LogP) is 3.00. The molecule has 2 N–H and O–H groups in total. The summed E-state index contributed by atoms with van der Waals surface area (Å²) in [5, 5.41) is 17.6. The minimum Gasteiger partial charge on any atom is -0.379 e. The van der Waals surface area contributed by atoms with Crippen molar-refractivity contribution in [1.29, 1.82) is 0 Å². The molecule has 1 fully saturated rings. The van der Waals surface area contributed by atoms with Gasteiger partial charge in [-0.2, -0.15) is 0 Å². The summed E-state index contributed by atoms with van der Waals surface area (Å²) in [5.74, 6) is 0.684. The van der Waals surface area contributed by atoms with Crippen molar-refractivity contribution in [1.82, 2.24) is 5.32 Å². The molecule has 0 amide bonds. The number of nitro benzene ring substituents is 1. The zero-order valence-electron chi connectivity index (χ0n) is 10.7. The third kappa shape index (κ3) is 4.31. The minimum atomic E-state index is -0.327. The zero-order valence-corrected chi connectivity index (χ0v) is 12.9. The molecule has 19 heavy (non-hydrogen) atoms. The summed E-state index contributed by atoms with van der Waals surface area (Å²) in [4.78, 5) is 10.7. The molecule has 6 heteroatoms. The summed E-state index contributed by atoms with van der Waals surface area (Å²) in [6.45, 7) is 2.97. The van der Waals surface area contributed by atoms with Crippen LogP contribution in [0.2, 0.25) is 0 Å². The van der Waals surface area contributed by atoms with Gasteiger partial charge >= 0.3 is 0 Å².